The van der Waals surface area contributed by atoms with E-state index in [-0.39, 0.29) is 46.4 Å². The molecule has 0 saturated heterocycles. The second kappa shape index (κ2) is 11.9. The van der Waals surface area contributed by atoms with Crippen LogP contribution >= 0.6 is 23.2 Å². The number of esters is 1. The van der Waals surface area contributed by atoms with E-state index in [9.17, 15) is 14.4 Å². The lowest BCUT2D eigenvalue weighted by Gasteiger charge is -2.16. The Kier molecular flexibility index (Phi) is 9.10. The van der Waals surface area contributed by atoms with E-state index < -0.39 is 24.1 Å². The van der Waals surface area contributed by atoms with E-state index in [4.69, 9.17) is 32.7 Å². The first kappa shape index (κ1) is 29.1. The van der Waals surface area contributed by atoms with Crippen molar-refractivity contribution >= 4 is 58.4 Å². The van der Waals surface area contributed by atoms with Crippen LogP contribution in [0.2, 0.25) is 10.0 Å². The van der Waals surface area contributed by atoms with Gasteiger partial charge in [-0.3, -0.25) is 20.5 Å². The number of nitrogens with zero attached hydrogens (tertiary/aromatic N) is 3. The van der Waals surface area contributed by atoms with Gasteiger partial charge in [0.25, 0.3) is 0 Å². The molecule has 0 aliphatic heterocycles. The SMILES string of the molecule is CCCOC(=O)Nc1cc(NC(=O)OCC(C)C(=O)OC)cc(Cl)c1-c1nc2c(Cl)c(C(C)(C)C)[nH]n2n1. The summed E-state index contributed by atoms with van der Waals surface area (Å²) in [5, 5.41) is 13.3. The number of aromatic nitrogens is 4. The summed E-state index contributed by atoms with van der Waals surface area (Å²) in [6.45, 7) is 9.43. The molecule has 0 bridgehead atoms. The Morgan fingerprint density at radius 1 is 1.13 bits per heavy atom. The van der Waals surface area contributed by atoms with Gasteiger partial charge in [-0.1, -0.05) is 50.9 Å². The van der Waals surface area contributed by atoms with E-state index >= 15 is 0 Å². The minimum Gasteiger partial charge on any atom is -0.469 e. The topological polar surface area (TPSA) is 149 Å². The van der Waals surface area contributed by atoms with Gasteiger partial charge in [-0.15, -0.1) is 5.10 Å². The number of fused-ring (bicyclic) bond motifs is 1. The number of halogens is 2. The highest BCUT2D eigenvalue weighted by Gasteiger charge is 2.26. The Morgan fingerprint density at radius 2 is 1.82 bits per heavy atom. The lowest BCUT2D eigenvalue weighted by atomic mass is 9.92. The number of anilines is 2. The van der Waals surface area contributed by atoms with Crippen LogP contribution in [0.1, 0.15) is 46.7 Å². The molecule has 1 aromatic carbocycles. The van der Waals surface area contributed by atoms with Crippen LogP contribution in [0.25, 0.3) is 17.0 Å². The molecule has 206 valence electrons. The van der Waals surface area contributed by atoms with E-state index in [1.54, 1.807) is 6.92 Å². The molecule has 0 spiro atoms. The Hall–Kier alpha value is -3.51. The number of carbonyl (C=O) groups is 3. The first-order chi connectivity index (χ1) is 17.8. The second-order valence-electron chi connectivity index (χ2n) is 9.51. The third-order valence-corrected chi connectivity index (χ3v) is 5.95. The molecule has 0 fully saturated rings. The number of aromatic amines is 1. The number of carbonyl (C=O) groups excluding carboxylic acids is 3. The molecule has 1 atom stereocenters. The number of ether oxygens (including phenoxy) is 3. The summed E-state index contributed by atoms with van der Waals surface area (Å²) >= 11 is 13.1. The van der Waals surface area contributed by atoms with Crippen LogP contribution in [0.15, 0.2) is 12.1 Å². The van der Waals surface area contributed by atoms with Gasteiger partial charge < -0.3 is 14.2 Å². The zero-order valence-corrected chi connectivity index (χ0v) is 23.4. The highest BCUT2D eigenvalue weighted by Crippen LogP contribution is 2.38. The maximum Gasteiger partial charge on any atom is 0.411 e. The predicted molar refractivity (Wildman–Crippen MR) is 143 cm³/mol. The molecule has 0 radical (unpaired) electrons. The summed E-state index contributed by atoms with van der Waals surface area (Å²) in [6, 6.07) is 2.90. The normalized spacial score (nSPS) is 12.2. The van der Waals surface area contributed by atoms with Gasteiger partial charge >= 0.3 is 18.2 Å². The van der Waals surface area contributed by atoms with E-state index in [2.05, 4.69) is 30.6 Å². The Balaban J connectivity index is 1.95. The van der Waals surface area contributed by atoms with Gasteiger partial charge in [0.05, 0.1) is 41.6 Å². The maximum atomic E-state index is 12.4. The number of amides is 2. The molecule has 14 heteroatoms. The van der Waals surface area contributed by atoms with Gasteiger partial charge in [-0.05, 0) is 25.5 Å². The fourth-order valence-electron chi connectivity index (χ4n) is 3.37. The van der Waals surface area contributed by atoms with E-state index in [1.807, 2.05) is 27.7 Å². The third kappa shape index (κ3) is 6.67. The fraction of sp³-hybridized carbons (Fsp3) is 0.458. The van der Waals surface area contributed by atoms with Crippen molar-refractivity contribution in [2.24, 2.45) is 5.92 Å². The summed E-state index contributed by atoms with van der Waals surface area (Å²) in [5.74, 6) is -0.985. The zero-order valence-electron chi connectivity index (χ0n) is 21.9. The molecule has 38 heavy (non-hydrogen) atoms. The molecule has 2 heterocycles. The highest BCUT2D eigenvalue weighted by molar-refractivity contribution is 6.35. The standard InChI is InChI=1S/C24H30Cl2N6O6/c1-7-8-37-23(35)28-15-10-13(27-22(34)38-11-12(2)21(33)36-6)9-14(25)16(15)19-29-20-17(26)18(24(3,4)5)30-32(20)31-19/h9-10,12,30H,7-8,11H2,1-6H3,(H,27,34)(H,28,35). The first-order valence-corrected chi connectivity index (χ1v) is 12.5. The van der Waals surface area contributed by atoms with Crippen molar-refractivity contribution in [2.75, 3.05) is 31.0 Å². The smallest absolute Gasteiger partial charge is 0.411 e. The summed E-state index contributed by atoms with van der Waals surface area (Å²) in [5.41, 5.74) is 1.53. The number of hydrogen-bond acceptors (Lipinski definition) is 8. The van der Waals surface area contributed by atoms with Crippen LogP contribution in [0.5, 0.6) is 0 Å². The van der Waals surface area contributed by atoms with Crippen LogP contribution in [0.3, 0.4) is 0 Å². The maximum absolute atomic E-state index is 12.4. The summed E-state index contributed by atoms with van der Waals surface area (Å²) in [4.78, 5) is 40.8. The molecule has 3 aromatic rings. The quantitative estimate of drug-likeness (QED) is 0.233. The number of benzene rings is 1. The van der Waals surface area contributed by atoms with Crippen molar-refractivity contribution in [3.63, 3.8) is 0 Å². The first-order valence-electron chi connectivity index (χ1n) is 11.8. The van der Waals surface area contributed by atoms with Gasteiger partial charge in [0, 0.05) is 11.1 Å². The summed E-state index contributed by atoms with van der Waals surface area (Å²) in [6.07, 6.45) is -0.937. The lowest BCUT2D eigenvalue weighted by Crippen LogP contribution is -2.23. The lowest BCUT2D eigenvalue weighted by molar-refractivity contribution is -0.146. The number of H-pyrrole nitrogens is 1. The van der Waals surface area contributed by atoms with Crippen molar-refractivity contribution in [1.82, 2.24) is 19.8 Å². The van der Waals surface area contributed by atoms with Crippen LogP contribution in [0.4, 0.5) is 21.0 Å². The molecular weight excluding hydrogens is 539 g/mol. The summed E-state index contributed by atoms with van der Waals surface area (Å²) in [7, 11) is 1.25. The average Bonchev–Trinajstić information content (AvgIpc) is 3.39. The minimum atomic E-state index is -0.834. The fourth-order valence-corrected chi connectivity index (χ4v) is 4.12. The Morgan fingerprint density at radius 3 is 2.42 bits per heavy atom. The molecule has 0 aliphatic carbocycles. The summed E-state index contributed by atoms with van der Waals surface area (Å²) < 4.78 is 16.3. The number of methoxy groups -OCH3 is 1. The number of nitrogens with one attached hydrogen (secondary N) is 3. The molecule has 3 rings (SSSR count). The number of hydrogen-bond donors (Lipinski definition) is 3. The van der Waals surface area contributed by atoms with Crippen molar-refractivity contribution < 1.29 is 28.6 Å². The minimum absolute atomic E-state index is 0.122. The van der Waals surface area contributed by atoms with Gasteiger partial charge in [-0.2, -0.15) is 4.63 Å². The van der Waals surface area contributed by atoms with Gasteiger partial charge in [0.15, 0.2) is 11.5 Å². The largest absolute Gasteiger partial charge is 0.469 e. The van der Waals surface area contributed by atoms with Crippen LogP contribution in [-0.4, -0.2) is 58.3 Å². The Bertz CT molecular complexity index is 1350. The molecule has 3 N–H and O–H groups in total. The van der Waals surface area contributed by atoms with Crippen molar-refractivity contribution in [1.29, 1.82) is 0 Å². The van der Waals surface area contributed by atoms with Crippen molar-refractivity contribution in [3.05, 3.63) is 27.9 Å². The zero-order chi connectivity index (χ0) is 28.2. The molecule has 2 amide bonds. The van der Waals surface area contributed by atoms with Crippen LogP contribution < -0.4 is 10.6 Å². The molecule has 12 nitrogen and oxygen atoms in total. The predicted octanol–water partition coefficient (Wildman–Crippen LogP) is 5.64. The molecule has 0 saturated carbocycles. The van der Waals surface area contributed by atoms with Gasteiger partial charge in [-0.25, -0.2) is 14.6 Å². The van der Waals surface area contributed by atoms with E-state index in [0.29, 0.717) is 17.1 Å². The average molecular weight is 569 g/mol. The third-order valence-electron chi connectivity index (χ3n) is 5.29. The van der Waals surface area contributed by atoms with E-state index in [0.717, 1.165) is 5.69 Å². The van der Waals surface area contributed by atoms with Crippen LogP contribution in [-0.2, 0) is 24.4 Å². The van der Waals surface area contributed by atoms with Crippen LogP contribution in [0, 0.1) is 5.92 Å². The monoisotopic (exact) mass is 568 g/mol. The Labute approximate surface area is 229 Å². The van der Waals surface area contributed by atoms with E-state index in [1.165, 1.54) is 23.9 Å². The molecule has 0 aliphatic rings. The highest BCUT2D eigenvalue weighted by atomic mass is 35.5. The molecule has 2 aromatic heterocycles. The molecular formula is C24H30Cl2N6O6. The van der Waals surface area contributed by atoms with Gasteiger partial charge in [0.2, 0.25) is 0 Å². The molecule has 1 unspecified atom stereocenters. The van der Waals surface area contributed by atoms with Crippen molar-refractivity contribution in [3.8, 4) is 11.4 Å². The number of rotatable bonds is 8. The van der Waals surface area contributed by atoms with Gasteiger partial charge in [0.1, 0.15) is 11.6 Å². The second-order valence-corrected chi connectivity index (χ2v) is 10.3. The van der Waals surface area contributed by atoms with Crippen molar-refractivity contribution in [2.45, 2.75) is 46.5 Å².